The molecule has 1 aliphatic heterocycles. The van der Waals surface area contributed by atoms with Crippen LogP contribution in [0.15, 0.2) is 91.0 Å². The first-order chi connectivity index (χ1) is 16.4. The van der Waals surface area contributed by atoms with Crippen molar-refractivity contribution >= 4 is 5.91 Å². The third kappa shape index (κ3) is 4.75. The van der Waals surface area contributed by atoms with Gasteiger partial charge in [-0.3, -0.25) is 4.79 Å². The lowest BCUT2D eigenvalue weighted by Gasteiger charge is -2.43. The van der Waals surface area contributed by atoms with Gasteiger partial charge in [0.15, 0.2) is 6.29 Å². The van der Waals surface area contributed by atoms with Crippen LogP contribution in [0.5, 0.6) is 0 Å². The van der Waals surface area contributed by atoms with Crippen molar-refractivity contribution in [3.63, 3.8) is 0 Å². The lowest BCUT2D eigenvalue weighted by Crippen LogP contribution is -2.64. The van der Waals surface area contributed by atoms with Crippen LogP contribution in [-0.2, 0) is 19.9 Å². The van der Waals surface area contributed by atoms with Crippen molar-refractivity contribution in [2.24, 2.45) is 0 Å². The first-order valence-corrected chi connectivity index (χ1v) is 11.2. The molecule has 0 spiro atoms. The number of benzene rings is 3. The molecule has 0 radical (unpaired) electrons. The predicted molar refractivity (Wildman–Crippen MR) is 126 cm³/mol. The van der Waals surface area contributed by atoms with Crippen molar-refractivity contribution in [3.8, 4) is 0 Å². The summed E-state index contributed by atoms with van der Waals surface area (Å²) >= 11 is 0. The lowest BCUT2D eigenvalue weighted by molar-refractivity contribution is -0.261. The van der Waals surface area contributed by atoms with E-state index in [1.165, 1.54) is 6.92 Å². The fourth-order valence-corrected chi connectivity index (χ4v) is 4.45. The van der Waals surface area contributed by atoms with Crippen molar-refractivity contribution in [2.75, 3.05) is 6.61 Å². The molecule has 4 N–H and O–H groups in total. The van der Waals surface area contributed by atoms with Crippen molar-refractivity contribution in [2.45, 2.75) is 43.2 Å². The van der Waals surface area contributed by atoms with Gasteiger partial charge in [0.05, 0.1) is 6.61 Å². The van der Waals surface area contributed by atoms with E-state index in [0.29, 0.717) is 0 Å². The number of carbonyl (C=O) groups is 1. The van der Waals surface area contributed by atoms with E-state index < -0.39 is 42.2 Å². The van der Waals surface area contributed by atoms with Crippen LogP contribution in [0.2, 0.25) is 0 Å². The van der Waals surface area contributed by atoms with Gasteiger partial charge in [-0.25, -0.2) is 0 Å². The zero-order valence-electron chi connectivity index (χ0n) is 18.8. The number of rotatable bonds is 7. The minimum Gasteiger partial charge on any atom is -0.388 e. The number of ether oxygens (including phenoxy) is 2. The van der Waals surface area contributed by atoms with E-state index in [2.05, 4.69) is 5.32 Å². The summed E-state index contributed by atoms with van der Waals surface area (Å²) < 4.78 is 12.2. The lowest BCUT2D eigenvalue weighted by atomic mass is 9.80. The molecule has 34 heavy (non-hydrogen) atoms. The Labute approximate surface area is 198 Å². The number of aliphatic hydroxyl groups is 3. The van der Waals surface area contributed by atoms with Crippen LogP contribution in [0, 0.1) is 0 Å². The molecule has 1 fully saturated rings. The van der Waals surface area contributed by atoms with E-state index in [1.807, 2.05) is 91.0 Å². The van der Waals surface area contributed by atoms with Crippen LogP contribution in [0.4, 0.5) is 0 Å². The summed E-state index contributed by atoms with van der Waals surface area (Å²) in [6.07, 6.45) is -5.36. The molecule has 0 unspecified atom stereocenters. The van der Waals surface area contributed by atoms with Gasteiger partial charge in [0, 0.05) is 6.92 Å². The maximum Gasteiger partial charge on any atom is 0.217 e. The molecule has 0 aliphatic carbocycles. The molecule has 1 heterocycles. The molecule has 1 amide bonds. The second-order valence-corrected chi connectivity index (χ2v) is 8.36. The zero-order chi connectivity index (χ0) is 24.1. The molecule has 5 atom stereocenters. The van der Waals surface area contributed by atoms with Crippen LogP contribution in [0.25, 0.3) is 0 Å². The highest BCUT2D eigenvalue weighted by atomic mass is 16.6. The van der Waals surface area contributed by atoms with Crippen LogP contribution in [0.3, 0.4) is 0 Å². The summed E-state index contributed by atoms with van der Waals surface area (Å²) in [7, 11) is 0. The normalized spacial score (nSPS) is 25.0. The first kappa shape index (κ1) is 24.1. The average Bonchev–Trinajstić information content (AvgIpc) is 2.87. The van der Waals surface area contributed by atoms with Gasteiger partial charge in [-0.1, -0.05) is 91.0 Å². The maximum absolute atomic E-state index is 11.4. The SMILES string of the molecule is CC(=O)N[C@@H]1[C@@H](O)[C@H](O)[C@@H](COC(c2ccccc2)(c2ccccc2)c2ccccc2)O[C@H]1O. The van der Waals surface area contributed by atoms with Crippen molar-refractivity contribution < 1.29 is 29.6 Å². The molecule has 0 aromatic heterocycles. The molecule has 1 saturated heterocycles. The smallest absolute Gasteiger partial charge is 0.217 e. The third-order valence-electron chi connectivity index (χ3n) is 6.10. The molecule has 0 saturated carbocycles. The molecular formula is C27H29NO6. The van der Waals surface area contributed by atoms with Crippen molar-refractivity contribution in [1.29, 1.82) is 0 Å². The second-order valence-electron chi connectivity index (χ2n) is 8.36. The number of hydrogen-bond acceptors (Lipinski definition) is 6. The summed E-state index contributed by atoms with van der Waals surface area (Å²) in [4.78, 5) is 11.4. The Morgan fingerprint density at radius 2 is 1.26 bits per heavy atom. The number of nitrogens with one attached hydrogen (secondary N) is 1. The molecule has 3 aromatic carbocycles. The average molecular weight is 464 g/mol. The number of carbonyl (C=O) groups excluding carboxylic acids is 1. The number of aliphatic hydroxyl groups excluding tert-OH is 3. The maximum atomic E-state index is 11.4. The fourth-order valence-electron chi connectivity index (χ4n) is 4.45. The minimum absolute atomic E-state index is 0.138. The highest BCUT2D eigenvalue weighted by Gasteiger charge is 2.46. The predicted octanol–water partition coefficient (Wildman–Crippen LogP) is 1.94. The second kappa shape index (κ2) is 10.5. The van der Waals surface area contributed by atoms with Crippen molar-refractivity contribution in [1.82, 2.24) is 5.32 Å². The Hall–Kier alpha value is -3.07. The Balaban J connectivity index is 1.71. The van der Waals surface area contributed by atoms with E-state index in [0.717, 1.165) is 16.7 Å². The van der Waals surface area contributed by atoms with Crippen LogP contribution in [0.1, 0.15) is 23.6 Å². The number of amides is 1. The van der Waals surface area contributed by atoms with Gasteiger partial charge in [0.25, 0.3) is 0 Å². The highest BCUT2D eigenvalue weighted by molar-refractivity contribution is 5.73. The molecule has 4 rings (SSSR count). The first-order valence-electron chi connectivity index (χ1n) is 11.2. The molecule has 178 valence electrons. The van der Waals surface area contributed by atoms with Gasteiger partial charge in [0.2, 0.25) is 5.91 Å². The van der Waals surface area contributed by atoms with E-state index in [-0.39, 0.29) is 6.61 Å². The molecule has 1 aliphatic rings. The topological polar surface area (TPSA) is 108 Å². The minimum atomic E-state index is -1.50. The summed E-state index contributed by atoms with van der Waals surface area (Å²) in [5.41, 5.74) is 1.57. The molecular weight excluding hydrogens is 434 g/mol. The molecule has 7 heteroatoms. The van der Waals surface area contributed by atoms with E-state index in [4.69, 9.17) is 9.47 Å². The van der Waals surface area contributed by atoms with Crippen LogP contribution < -0.4 is 5.32 Å². The van der Waals surface area contributed by atoms with Gasteiger partial charge >= 0.3 is 0 Å². The van der Waals surface area contributed by atoms with Crippen LogP contribution >= 0.6 is 0 Å². The fraction of sp³-hybridized carbons (Fsp3) is 0.296. The Morgan fingerprint density at radius 3 is 1.68 bits per heavy atom. The largest absolute Gasteiger partial charge is 0.388 e. The molecule has 3 aromatic rings. The molecule has 0 bridgehead atoms. The molecule has 7 nitrogen and oxygen atoms in total. The zero-order valence-corrected chi connectivity index (χ0v) is 18.8. The van der Waals surface area contributed by atoms with Crippen molar-refractivity contribution in [3.05, 3.63) is 108 Å². The van der Waals surface area contributed by atoms with Gasteiger partial charge in [-0.2, -0.15) is 0 Å². The third-order valence-corrected chi connectivity index (χ3v) is 6.10. The quantitative estimate of drug-likeness (QED) is 0.399. The standard InChI is InChI=1S/C27H29NO6/c1-18(29)28-23-25(31)24(30)22(34-26(23)32)17-33-27(19-11-5-2-6-12-19,20-13-7-3-8-14-20)21-15-9-4-10-16-21/h2-16,22-26,30-32H,17H2,1H3,(H,28,29)/t22-,23-,24-,25-,26-/m1/s1. The Bertz CT molecular complexity index is 966. The van der Waals surface area contributed by atoms with E-state index >= 15 is 0 Å². The van der Waals surface area contributed by atoms with E-state index in [1.54, 1.807) is 0 Å². The van der Waals surface area contributed by atoms with Gasteiger partial charge in [-0.15, -0.1) is 0 Å². The monoisotopic (exact) mass is 463 g/mol. The number of hydrogen-bond donors (Lipinski definition) is 4. The van der Waals surface area contributed by atoms with Gasteiger partial charge in [0.1, 0.15) is 30.0 Å². The van der Waals surface area contributed by atoms with Crippen LogP contribution in [-0.4, -0.2) is 58.5 Å². The summed E-state index contributed by atoms with van der Waals surface area (Å²) in [6, 6.07) is 28.0. The van der Waals surface area contributed by atoms with Gasteiger partial charge in [-0.05, 0) is 16.7 Å². The van der Waals surface area contributed by atoms with Gasteiger partial charge < -0.3 is 30.1 Å². The Kier molecular flexibility index (Phi) is 7.41. The Morgan fingerprint density at radius 1 is 0.824 bits per heavy atom. The highest BCUT2D eigenvalue weighted by Crippen LogP contribution is 2.41. The summed E-state index contributed by atoms with van der Waals surface area (Å²) in [6.45, 7) is 1.12. The summed E-state index contributed by atoms with van der Waals surface area (Å²) in [5, 5.41) is 34.1. The summed E-state index contributed by atoms with van der Waals surface area (Å²) in [5.74, 6) is -0.454. The van der Waals surface area contributed by atoms with E-state index in [9.17, 15) is 20.1 Å².